The zero-order chi connectivity index (χ0) is 14.5. The van der Waals surface area contributed by atoms with Crippen LogP contribution in [-0.4, -0.2) is 43.4 Å². The minimum absolute atomic E-state index is 0.0224. The molecule has 1 aliphatic heterocycles. The van der Waals surface area contributed by atoms with Crippen LogP contribution < -0.4 is 14.8 Å². The van der Waals surface area contributed by atoms with Gasteiger partial charge in [-0.05, 0) is 18.9 Å². The highest BCUT2D eigenvalue weighted by Gasteiger charge is 2.35. The Morgan fingerprint density at radius 3 is 2.80 bits per heavy atom. The van der Waals surface area contributed by atoms with E-state index in [0.29, 0.717) is 17.7 Å². The van der Waals surface area contributed by atoms with Crippen molar-refractivity contribution < 1.29 is 14.2 Å². The molecule has 1 saturated heterocycles. The van der Waals surface area contributed by atoms with Gasteiger partial charge in [-0.15, -0.1) is 0 Å². The molecule has 0 radical (unpaired) electrons. The summed E-state index contributed by atoms with van der Waals surface area (Å²) in [5, 5.41) is 3.44. The summed E-state index contributed by atoms with van der Waals surface area (Å²) < 4.78 is 16.3. The molecule has 3 atom stereocenters. The smallest absolute Gasteiger partial charge is 0.240 e. The fourth-order valence-electron chi connectivity index (χ4n) is 2.56. The number of aromatic nitrogens is 2. The van der Waals surface area contributed by atoms with E-state index in [4.69, 9.17) is 14.2 Å². The van der Waals surface area contributed by atoms with Crippen LogP contribution in [0.3, 0.4) is 0 Å². The summed E-state index contributed by atoms with van der Waals surface area (Å²) in [6.45, 7) is 5.88. The Morgan fingerprint density at radius 2 is 2.25 bits per heavy atom. The molecule has 0 amide bonds. The largest absolute Gasteiger partial charge is 0.480 e. The summed E-state index contributed by atoms with van der Waals surface area (Å²) in [6.07, 6.45) is 2.77. The number of nitrogens with one attached hydrogen (secondary N) is 1. The molecule has 6 nitrogen and oxygen atoms in total. The summed E-state index contributed by atoms with van der Waals surface area (Å²) in [5.41, 5.74) is 0.772. The summed E-state index contributed by atoms with van der Waals surface area (Å²) in [4.78, 5) is 8.77. The molecular formula is C14H23N3O3. The lowest BCUT2D eigenvalue weighted by molar-refractivity contribution is 0.0587. The minimum atomic E-state index is -0.0224. The molecule has 20 heavy (non-hydrogen) atoms. The van der Waals surface area contributed by atoms with Gasteiger partial charge in [0, 0.05) is 6.61 Å². The van der Waals surface area contributed by atoms with E-state index < -0.39 is 0 Å². The molecule has 2 rings (SSSR count). The molecule has 0 aliphatic carbocycles. The second kappa shape index (κ2) is 6.85. The van der Waals surface area contributed by atoms with Gasteiger partial charge in [-0.3, -0.25) is 0 Å². The van der Waals surface area contributed by atoms with Gasteiger partial charge < -0.3 is 19.5 Å². The second-order valence-corrected chi connectivity index (χ2v) is 4.94. The van der Waals surface area contributed by atoms with Crippen molar-refractivity contribution in [2.24, 2.45) is 5.92 Å². The number of likely N-dealkylation sites (N-methyl/N-ethyl adjacent to an activating group) is 1. The molecule has 0 bridgehead atoms. The number of hydrogen-bond acceptors (Lipinski definition) is 6. The highest BCUT2D eigenvalue weighted by molar-refractivity contribution is 5.27. The first-order valence-corrected chi connectivity index (χ1v) is 7.01. The van der Waals surface area contributed by atoms with Crippen molar-refractivity contribution in [1.29, 1.82) is 0 Å². The first kappa shape index (κ1) is 15.0. The van der Waals surface area contributed by atoms with E-state index in [1.165, 1.54) is 0 Å². The molecule has 1 aliphatic rings. The molecule has 1 aromatic heterocycles. The Balaban J connectivity index is 2.33. The van der Waals surface area contributed by atoms with E-state index in [0.717, 1.165) is 25.3 Å². The molecule has 1 aromatic rings. The molecule has 3 unspecified atom stereocenters. The van der Waals surface area contributed by atoms with Crippen LogP contribution in [0, 0.1) is 5.92 Å². The van der Waals surface area contributed by atoms with Gasteiger partial charge in [0.25, 0.3) is 0 Å². The molecule has 1 fully saturated rings. The average molecular weight is 281 g/mol. The van der Waals surface area contributed by atoms with Crippen LogP contribution in [-0.2, 0) is 4.74 Å². The third-order valence-corrected chi connectivity index (χ3v) is 3.64. The van der Waals surface area contributed by atoms with Crippen LogP contribution in [0.1, 0.15) is 32.0 Å². The molecule has 2 heterocycles. The Bertz CT molecular complexity index is 442. The summed E-state index contributed by atoms with van der Waals surface area (Å²) in [6, 6.07) is -0.0224. The minimum Gasteiger partial charge on any atom is -0.480 e. The van der Waals surface area contributed by atoms with Gasteiger partial charge in [0.2, 0.25) is 11.8 Å². The van der Waals surface area contributed by atoms with E-state index in [1.807, 2.05) is 0 Å². The molecular weight excluding hydrogens is 258 g/mol. The average Bonchev–Trinajstić information content (AvgIpc) is 2.90. The van der Waals surface area contributed by atoms with Crippen molar-refractivity contribution in [3.05, 3.63) is 11.9 Å². The lowest BCUT2D eigenvalue weighted by Gasteiger charge is -2.27. The SMILES string of the molecule is CCNC(c1ncc(OC)nc1OC)C1OCCC1C. The maximum atomic E-state index is 5.87. The normalized spacial score (nSPS) is 23.6. The number of hydrogen-bond donors (Lipinski definition) is 1. The number of nitrogens with zero attached hydrogens (tertiary/aromatic N) is 2. The van der Waals surface area contributed by atoms with E-state index in [9.17, 15) is 0 Å². The van der Waals surface area contributed by atoms with Crippen molar-refractivity contribution in [2.45, 2.75) is 32.4 Å². The van der Waals surface area contributed by atoms with Crippen molar-refractivity contribution >= 4 is 0 Å². The standard InChI is InChI=1S/C14H23N3O3/c1-5-15-11(13-9(2)6-7-20-13)12-14(19-4)17-10(18-3)8-16-12/h8-9,11,13,15H,5-7H2,1-4H3. The van der Waals surface area contributed by atoms with E-state index in [-0.39, 0.29) is 12.1 Å². The van der Waals surface area contributed by atoms with Crippen molar-refractivity contribution in [2.75, 3.05) is 27.4 Å². The van der Waals surface area contributed by atoms with Gasteiger partial charge in [0.05, 0.1) is 32.6 Å². The van der Waals surface area contributed by atoms with Crippen molar-refractivity contribution in [3.63, 3.8) is 0 Å². The number of methoxy groups -OCH3 is 2. The fourth-order valence-corrected chi connectivity index (χ4v) is 2.56. The van der Waals surface area contributed by atoms with Gasteiger partial charge in [-0.25, -0.2) is 4.98 Å². The third-order valence-electron chi connectivity index (χ3n) is 3.64. The van der Waals surface area contributed by atoms with Crippen molar-refractivity contribution in [1.82, 2.24) is 15.3 Å². The van der Waals surface area contributed by atoms with E-state index in [2.05, 4.69) is 29.1 Å². The van der Waals surface area contributed by atoms with Crippen LogP contribution in [0.2, 0.25) is 0 Å². The number of ether oxygens (including phenoxy) is 3. The highest BCUT2D eigenvalue weighted by atomic mass is 16.5. The first-order valence-electron chi connectivity index (χ1n) is 7.01. The first-order chi connectivity index (χ1) is 9.71. The number of rotatable bonds is 6. The lowest BCUT2D eigenvalue weighted by Crippen LogP contribution is -2.35. The van der Waals surface area contributed by atoms with Crippen molar-refractivity contribution in [3.8, 4) is 11.8 Å². The maximum absolute atomic E-state index is 5.87. The third kappa shape index (κ3) is 3.02. The molecule has 0 spiro atoms. The van der Waals surface area contributed by atoms with Gasteiger partial charge in [-0.2, -0.15) is 4.98 Å². The van der Waals surface area contributed by atoms with Gasteiger partial charge in [0.1, 0.15) is 5.69 Å². The van der Waals surface area contributed by atoms with Gasteiger partial charge in [0.15, 0.2) is 0 Å². The molecule has 1 N–H and O–H groups in total. The molecule has 6 heteroatoms. The highest BCUT2D eigenvalue weighted by Crippen LogP contribution is 2.34. The Hall–Kier alpha value is -1.40. The Labute approximate surface area is 119 Å². The molecule has 0 aromatic carbocycles. The van der Waals surface area contributed by atoms with Gasteiger partial charge >= 0.3 is 0 Å². The van der Waals surface area contributed by atoms with Crippen LogP contribution in [0.4, 0.5) is 0 Å². The van der Waals surface area contributed by atoms with E-state index >= 15 is 0 Å². The molecule has 0 saturated carbocycles. The topological polar surface area (TPSA) is 65.5 Å². The Kier molecular flexibility index (Phi) is 5.14. The Morgan fingerprint density at radius 1 is 1.45 bits per heavy atom. The predicted molar refractivity (Wildman–Crippen MR) is 75.1 cm³/mol. The fraction of sp³-hybridized carbons (Fsp3) is 0.714. The second-order valence-electron chi connectivity index (χ2n) is 4.94. The summed E-state index contributed by atoms with van der Waals surface area (Å²) in [5.74, 6) is 1.41. The van der Waals surface area contributed by atoms with Crippen LogP contribution in [0.25, 0.3) is 0 Å². The quantitative estimate of drug-likeness (QED) is 0.854. The lowest BCUT2D eigenvalue weighted by atomic mass is 9.95. The van der Waals surface area contributed by atoms with Crippen LogP contribution in [0.5, 0.6) is 11.8 Å². The molecule has 112 valence electrons. The predicted octanol–water partition coefficient (Wildman–Crippen LogP) is 1.57. The van der Waals surface area contributed by atoms with Crippen LogP contribution in [0.15, 0.2) is 6.20 Å². The monoisotopic (exact) mass is 281 g/mol. The summed E-state index contributed by atoms with van der Waals surface area (Å²) in [7, 11) is 3.15. The van der Waals surface area contributed by atoms with Gasteiger partial charge in [-0.1, -0.05) is 13.8 Å². The maximum Gasteiger partial charge on any atom is 0.240 e. The zero-order valence-corrected chi connectivity index (χ0v) is 12.5. The summed E-state index contributed by atoms with van der Waals surface area (Å²) >= 11 is 0. The van der Waals surface area contributed by atoms with E-state index in [1.54, 1.807) is 20.4 Å². The zero-order valence-electron chi connectivity index (χ0n) is 12.5. The van der Waals surface area contributed by atoms with Crippen LogP contribution >= 0.6 is 0 Å².